The fourth-order valence-electron chi connectivity index (χ4n) is 3.81. The van der Waals surface area contributed by atoms with Gasteiger partial charge in [0.15, 0.2) is 12.1 Å². The topological polar surface area (TPSA) is 64.6 Å². The Morgan fingerprint density at radius 2 is 1.39 bits per heavy atom. The molecule has 0 aliphatic carbocycles. The maximum atomic E-state index is 6.25. The molecule has 4 rings (SSSR count). The van der Waals surface area contributed by atoms with Crippen LogP contribution in [0, 0.1) is 0 Å². The van der Waals surface area contributed by atoms with Crippen molar-refractivity contribution in [2.24, 2.45) is 0 Å². The Hall–Kier alpha value is -2.16. The summed E-state index contributed by atoms with van der Waals surface area (Å²) in [5.74, 6) is 0.929. The maximum absolute atomic E-state index is 6.25. The number of hydrogen-bond donors (Lipinski definition) is 0. The van der Waals surface area contributed by atoms with E-state index in [-0.39, 0.29) is 18.3 Å². The molecule has 31 heavy (non-hydrogen) atoms. The molecule has 0 amide bonds. The molecule has 2 aliphatic heterocycles. The summed E-state index contributed by atoms with van der Waals surface area (Å²) in [5.41, 5.74) is 2.10. The molecule has 0 unspecified atom stereocenters. The quantitative estimate of drug-likeness (QED) is 0.601. The zero-order valence-electron chi connectivity index (χ0n) is 18.4. The van der Waals surface area contributed by atoms with Crippen molar-refractivity contribution in [3.8, 4) is 11.5 Å². The van der Waals surface area contributed by atoms with Crippen molar-refractivity contribution < 1.29 is 33.2 Å². The smallest absolute Gasteiger partial charge is 0.190 e. The van der Waals surface area contributed by atoms with Gasteiger partial charge in [0.05, 0.1) is 34.0 Å². The molecule has 2 fully saturated rings. The lowest BCUT2D eigenvalue weighted by Crippen LogP contribution is -2.38. The van der Waals surface area contributed by atoms with Crippen LogP contribution >= 0.6 is 0 Å². The first-order valence-corrected chi connectivity index (χ1v) is 10.4. The van der Waals surface area contributed by atoms with E-state index in [1.807, 2.05) is 62.4 Å². The van der Waals surface area contributed by atoms with E-state index in [0.29, 0.717) is 19.8 Å². The van der Waals surface area contributed by atoms with E-state index in [1.54, 1.807) is 14.2 Å². The highest BCUT2D eigenvalue weighted by Crippen LogP contribution is 2.39. The van der Waals surface area contributed by atoms with Gasteiger partial charge >= 0.3 is 0 Å². The van der Waals surface area contributed by atoms with Crippen molar-refractivity contribution in [3.63, 3.8) is 0 Å². The SMILES string of the molecule is COc1ccc(COC[C@H]2O[C@@H]3OC(C)(C)O[C@@H]3[C@H]2OCc2ccc(OC)cc2)cc1. The predicted molar refractivity (Wildman–Crippen MR) is 113 cm³/mol. The highest BCUT2D eigenvalue weighted by molar-refractivity contribution is 5.27. The van der Waals surface area contributed by atoms with E-state index in [0.717, 1.165) is 22.6 Å². The molecule has 4 atom stereocenters. The van der Waals surface area contributed by atoms with Crippen molar-refractivity contribution in [1.82, 2.24) is 0 Å². The third-order valence-corrected chi connectivity index (χ3v) is 5.40. The van der Waals surface area contributed by atoms with Gasteiger partial charge in [-0.1, -0.05) is 24.3 Å². The largest absolute Gasteiger partial charge is 0.497 e. The molecule has 168 valence electrons. The first-order valence-electron chi connectivity index (χ1n) is 10.4. The molecule has 2 aliphatic rings. The third-order valence-electron chi connectivity index (χ3n) is 5.40. The summed E-state index contributed by atoms with van der Waals surface area (Å²) in [5, 5.41) is 0. The normalized spacial score (nSPS) is 26.6. The Kier molecular flexibility index (Phi) is 6.79. The van der Waals surface area contributed by atoms with Gasteiger partial charge in [-0.2, -0.15) is 0 Å². The first-order chi connectivity index (χ1) is 15.0. The van der Waals surface area contributed by atoms with Crippen LogP contribution in [0.25, 0.3) is 0 Å². The number of hydrogen-bond acceptors (Lipinski definition) is 7. The van der Waals surface area contributed by atoms with Gasteiger partial charge in [0.2, 0.25) is 0 Å². The highest BCUT2D eigenvalue weighted by atomic mass is 16.8. The van der Waals surface area contributed by atoms with Gasteiger partial charge in [-0.15, -0.1) is 0 Å². The molecule has 2 aromatic carbocycles. The van der Waals surface area contributed by atoms with Crippen LogP contribution in [0.3, 0.4) is 0 Å². The monoisotopic (exact) mass is 430 g/mol. The van der Waals surface area contributed by atoms with Gasteiger partial charge in [-0.05, 0) is 49.2 Å². The molecule has 7 nitrogen and oxygen atoms in total. The summed E-state index contributed by atoms with van der Waals surface area (Å²) in [6, 6.07) is 15.6. The molecule has 0 spiro atoms. The van der Waals surface area contributed by atoms with Gasteiger partial charge in [-0.25, -0.2) is 0 Å². The van der Waals surface area contributed by atoms with Crippen LogP contribution in [0.15, 0.2) is 48.5 Å². The molecule has 7 heteroatoms. The molecule has 0 aromatic heterocycles. The minimum Gasteiger partial charge on any atom is -0.497 e. The van der Waals surface area contributed by atoms with E-state index in [4.69, 9.17) is 33.2 Å². The van der Waals surface area contributed by atoms with E-state index in [1.165, 1.54) is 0 Å². The molecule has 2 heterocycles. The fourth-order valence-corrected chi connectivity index (χ4v) is 3.81. The second-order valence-corrected chi connectivity index (χ2v) is 8.13. The number of methoxy groups -OCH3 is 2. The Morgan fingerprint density at radius 1 is 0.806 bits per heavy atom. The van der Waals surface area contributed by atoms with Crippen LogP contribution in [0.1, 0.15) is 25.0 Å². The van der Waals surface area contributed by atoms with Crippen LogP contribution in [0.2, 0.25) is 0 Å². The van der Waals surface area contributed by atoms with E-state index in [9.17, 15) is 0 Å². The first kappa shape index (κ1) is 22.0. The number of fused-ring (bicyclic) bond motifs is 1. The van der Waals surface area contributed by atoms with Gasteiger partial charge in [-0.3, -0.25) is 0 Å². The van der Waals surface area contributed by atoms with Crippen LogP contribution in [-0.2, 0) is 36.9 Å². The Morgan fingerprint density at radius 3 is 1.97 bits per heavy atom. The third kappa shape index (κ3) is 5.37. The van der Waals surface area contributed by atoms with Gasteiger partial charge in [0.1, 0.15) is 29.8 Å². The second kappa shape index (κ2) is 9.54. The zero-order valence-corrected chi connectivity index (χ0v) is 18.4. The van der Waals surface area contributed by atoms with Gasteiger partial charge < -0.3 is 33.2 Å². The average Bonchev–Trinajstić information content (AvgIpc) is 3.24. The summed E-state index contributed by atoms with van der Waals surface area (Å²) in [6.07, 6.45) is -1.36. The van der Waals surface area contributed by atoms with Gasteiger partial charge in [0.25, 0.3) is 0 Å². The minimum absolute atomic E-state index is 0.289. The summed E-state index contributed by atoms with van der Waals surface area (Å²) < 4.78 is 40.7. The summed E-state index contributed by atoms with van der Waals surface area (Å²) in [6.45, 7) is 5.03. The predicted octanol–water partition coefficient (Wildman–Crippen LogP) is 3.68. The molecule has 2 saturated heterocycles. The van der Waals surface area contributed by atoms with E-state index < -0.39 is 12.1 Å². The van der Waals surface area contributed by atoms with Crippen LogP contribution in [0.4, 0.5) is 0 Å². The van der Waals surface area contributed by atoms with Crippen LogP contribution in [-0.4, -0.2) is 51.2 Å². The average molecular weight is 430 g/mol. The van der Waals surface area contributed by atoms with Gasteiger partial charge in [0, 0.05) is 0 Å². The second-order valence-electron chi connectivity index (χ2n) is 8.13. The number of rotatable bonds is 9. The maximum Gasteiger partial charge on any atom is 0.190 e. The summed E-state index contributed by atoms with van der Waals surface area (Å²) in [7, 11) is 3.30. The highest BCUT2D eigenvalue weighted by Gasteiger charge is 2.55. The molecule has 0 radical (unpaired) electrons. The van der Waals surface area contributed by atoms with Crippen LogP contribution in [0.5, 0.6) is 11.5 Å². The standard InChI is InChI=1S/C24H30O7/c1-24(2)30-22-21(28-14-17-7-11-19(26-4)12-8-17)20(29-23(22)31-24)15-27-13-16-5-9-18(25-3)10-6-16/h5-12,20-23H,13-15H2,1-4H3/t20-,21+,22-,23-/m1/s1. The lowest BCUT2D eigenvalue weighted by molar-refractivity contribution is -0.225. The molecular weight excluding hydrogens is 400 g/mol. The van der Waals surface area contributed by atoms with Crippen molar-refractivity contribution in [2.45, 2.75) is 57.5 Å². The molecular formula is C24H30O7. The van der Waals surface area contributed by atoms with Crippen LogP contribution < -0.4 is 9.47 Å². The molecule has 0 bridgehead atoms. The Balaban J connectivity index is 1.36. The van der Waals surface area contributed by atoms with Crippen molar-refractivity contribution in [1.29, 1.82) is 0 Å². The fraction of sp³-hybridized carbons (Fsp3) is 0.500. The van der Waals surface area contributed by atoms with Crippen molar-refractivity contribution in [2.75, 3.05) is 20.8 Å². The summed E-state index contributed by atoms with van der Waals surface area (Å²) in [4.78, 5) is 0. The Bertz CT molecular complexity index is 834. The Labute approximate surface area is 183 Å². The van der Waals surface area contributed by atoms with Crippen molar-refractivity contribution in [3.05, 3.63) is 59.7 Å². The summed E-state index contributed by atoms with van der Waals surface area (Å²) >= 11 is 0. The van der Waals surface area contributed by atoms with Crippen molar-refractivity contribution >= 4 is 0 Å². The van der Waals surface area contributed by atoms with E-state index in [2.05, 4.69) is 0 Å². The molecule has 0 saturated carbocycles. The number of ether oxygens (including phenoxy) is 7. The number of benzene rings is 2. The minimum atomic E-state index is -0.702. The molecule has 0 N–H and O–H groups in total. The van der Waals surface area contributed by atoms with E-state index >= 15 is 0 Å². The lowest BCUT2D eigenvalue weighted by Gasteiger charge is -2.26. The lowest BCUT2D eigenvalue weighted by atomic mass is 10.1. The molecule has 2 aromatic rings. The zero-order chi connectivity index (χ0) is 21.8.